The second kappa shape index (κ2) is 2.79. The molecule has 4 unspecified atom stereocenters. The van der Waals surface area contributed by atoms with E-state index in [1.807, 2.05) is 0 Å². The zero-order valence-corrected chi connectivity index (χ0v) is 10.4. The SMILES string of the molecule is CS(C)(C)C1=CC2C3C=CC(C3)C2C1=O. The second-order valence-electron chi connectivity index (χ2n) is 5.78. The molecule has 3 rings (SSSR count). The molecule has 0 radical (unpaired) electrons. The van der Waals surface area contributed by atoms with Gasteiger partial charge in [0.05, 0.1) is 0 Å². The lowest BCUT2D eigenvalue weighted by Crippen LogP contribution is -2.22. The topological polar surface area (TPSA) is 17.1 Å². The fraction of sp³-hybridized carbons (Fsp3) is 0.615. The first-order chi connectivity index (χ1) is 6.98. The average molecular weight is 222 g/mol. The number of Topliss-reactive ketones (excluding diaryl/α,β-unsaturated/α-hetero) is 1. The molecule has 0 aromatic rings. The standard InChI is InChI=1S/C13H18OS/c1-15(2,3)11-7-10-8-4-5-9(6-8)12(10)13(11)14/h4-5,7-10,12H,6H2,1-3H3. The Balaban J connectivity index is 1.99. The first kappa shape index (κ1) is 9.71. The summed E-state index contributed by atoms with van der Waals surface area (Å²) in [6.45, 7) is 0. The normalized spacial score (nSPS) is 43.4. The molecule has 4 atom stereocenters. The van der Waals surface area contributed by atoms with Gasteiger partial charge < -0.3 is 0 Å². The number of fused-ring (bicyclic) bond motifs is 5. The van der Waals surface area contributed by atoms with Crippen molar-refractivity contribution in [3.63, 3.8) is 0 Å². The molecule has 0 aliphatic heterocycles. The van der Waals surface area contributed by atoms with E-state index in [0.717, 1.165) is 4.91 Å². The van der Waals surface area contributed by atoms with Crippen LogP contribution < -0.4 is 0 Å². The molecule has 3 aliphatic carbocycles. The highest BCUT2D eigenvalue weighted by Gasteiger charge is 2.52. The lowest BCUT2D eigenvalue weighted by atomic mass is 9.85. The molecule has 1 fully saturated rings. The summed E-state index contributed by atoms with van der Waals surface area (Å²) in [6, 6.07) is 0. The molecule has 3 aliphatic rings. The van der Waals surface area contributed by atoms with E-state index in [4.69, 9.17) is 0 Å². The number of hydrogen-bond donors (Lipinski definition) is 0. The Morgan fingerprint density at radius 2 is 1.87 bits per heavy atom. The molecular formula is C13H18OS. The minimum atomic E-state index is -0.829. The van der Waals surface area contributed by atoms with Crippen molar-refractivity contribution in [2.45, 2.75) is 6.42 Å². The van der Waals surface area contributed by atoms with Crippen LogP contribution in [0.25, 0.3) is 0 Å². The van der Waals surface area contributed by atoms with Crippen molar-refractivity contribution in [2.24, 2.45) is 23.7 Å². The van der Waals surface area contributed by atoms with E-state index in [9.17, 15) is 4.79 Å². The van der Waals surface area contributed by atoms with Crippen LogP contribution in [-0.4, -0.2) is 24.6 Å². The molecule has 0 saturated heterocycles. The number of hydrogen-bond acceptors (Lipinski definition) is 1. The Kier molecular flexibility index (Phi) is 1.80. The van der Waals surface area contributed by atoms with Gasteiger partial charge in [0.15, 0.2) is 5.78 Å². The van der Waals surface area contributed by atoms with Crippen molar-refractivity contribution in [2.75, 3.05) is 18.8 Å². The van der Waals surface area contributed by atoms with Crippen molar-refractivity contribution in [3.8, 4) is 0 Å². The van der Waals surface area contributed by atoms with E-state index in [2.05, 4.69) is 37.0 Å². The van der Waals surface area contributed by atoms with Gasteiger partial charge in [0.1, 0.15) is 0 Å². The van der Waals surface area contributed by atoms with E-state index in [-0.39, 0.29) is 0 Å². The quantitative estimate of drug-likeness (QED) is 0.623. The summed E-state index contributed by atoms with van der Waals surface area (Å²) in [5, 5.41) is 0. The number of ketones is 1. The highest BCUT2D eigenvalue weighted by Crippen LogP contribution is 2.59. The molecule has 2 heteroatoms. The van der Waals surface area contributed by atoms with Gasteiger partial charge in [-0.25, -0.2) is 10.0 Å². The van der Waals surface area contributed by atoms with Gasteiger partial charge in [-0.05, 0) is 42.9 Å². The Morgan fingerprint density at radius 3 is 2.47 bits per heavy atom. The summed E-state index contributed by atoms with van der Waals surface area (Å²) < 4.78 is 0. The number of carbonyl (C=O) groups excluding carboxylic acids is 1. The molecule has 1 saturated carbocycles. The predicted molar refractivity (Wildman–Crippen MR) is 66.2 cm³/mol. The lowest BCUT2D eigenvalue weighted by Gasteiger charge is -2.27. The minimum absolute atomic E-state index is 0.321. The Morgan fingerprint density at radius 1 is 1.20 bits per heavy atom. The molecule has 0 amide bonds. The number of carbonyl (C=O) groups is 1. The van der Waals surface area contributed by atoms with Crippen LogP contribution >= 0.6 is 10.0 Å². The molecule has 0 heterocycles. The maximum Gasteiger partial charge on any atom is 0.171 e. The van der Waals surface area contributed by atoms with Crippen LogP contribution in [0.5, 0.6) is 0 Å². The minimum Gasteiger partial charge on any atom is -0.293 e. The van der Waals surface area contributed by atoms with Gasteiger partial charge in [-0.15, -0.1) is 0 Å². The zero-order chi connectivity index (χ0) is 10.8. The molecular weight excluding hydrogens is 204 g/mol. The second-order valence-corrected chi connectivity index (χ2v) is 9.90. The maximum absolute atomic E-state index is 12.3. The first-order valence-corrected chi connectivity index (χ1v) is 8.47. The summed E-state index contributed by atoms with van der Waals surface area (Å²) in [5.41, 5.74) is 0. The van der Waals surface area contributed by atoms with Gasteiger partial charge in [0.2, 0.25) is 0 Å². The Bertz CT molecular complexity index is 386. The molecule has 0 aromatic heterocycles. The lowest BCUT2D eigenvalue weighted by molar-refractivity contribution is -0.119. The fourth-order valence-corrected chi connectivity index (χ4v) is 4.69. The molecule has 82 valence electrons. The van der Waals surface area contributed by atoms with Gasteiger partial charge in [-0.2, -0.15) is 0 Å². The molecule has 15 heavy (non-hydrogen) atoms. The van der Waals surface area contributed by atoms with Gasteiger partial charge >= 0.3 is 0 Å². The zero-order valence-electron chi connectivity index (χ0n) is 9.57. The summed E-state index contributed by atoms with van der Waals surface area (Å²) in [7, 11) is -0.829. The molecule has 1 nitrogen and oxygen atoms in total. The highest BCUT2D eigenvalue weighted by atomic mass is 32.3. The molecule has 0 aromatic carbocycles. The third-order valence-corrected chi connectivity index (χ3v) is 5.73. The van der Waals surface area contributed by atoms with E-state index in [1.54, 1.807) is 0 Å². The third-order valence-electron chi connectivity index (χ3n) is 4.07. The van der Waals surface area contributed by atoms with E-state index in [1.165, 1.54) is 6.42 Å². The summed E-state index contributed by atoms with van der Waals surface area (Å²) in [6.07, 6.45) is 14.8. The third kappa shape index (κ3) is 1.20. The molecule has 0 N–H and O–H groups in total. The number of allylic oxidation sites excluding steroid dienone is 4. The summed E-state index contributed by atoms with van der Waals surface area (Å²) in [5.74, 6) is 2.57. The Labute approximate surface area is 92.9 Å². The Hall–Kier alpha value is -0.500. The van der Waals surface area contributed by atoms with Gasteiger partial charge in [-0.1, -0.05) is 18.2 Å². The van der Waals surface area contributed by atoms with Crippen LogP contribution in [0.15, 0.2) is 23.1 Å². The monoisotopic (exact) mass is 222 g/mol. The van der Waals surface area contributed by atoms with Crippen LogP contribution in [0.2, 0.25) is 0 Å². The smallest absolute Gasteiger partial charge is 0.171 e. The van der Waals surface area contributed by atoms with Crippen LogP contribution in [0, 0.1) is 23.7 Å². The summed E-state index contributed by atoms with van der Waals surface area (Å²) >= 11 is 0. The molecule has 2 bridgehead atoms. The van der Waals surface area contributed by atoms with Crippen molar-refractivity contribution >= 4 is 15.8 Å². The number of rotatable bonds is 1. The predicted octanol–water partition coefficient (Wildman–Crippen LogP) is 2.59. The van der Waals surface area contributed by atoms with Gasteiger partial charge in [0, 0.05) is 10.8 Å². The van der Waals surface area contributed by atoms with Crippen LogP contribution in [-0.2, 0) is 4.79 Å². The first-order valence-electron chi connectivity index (χ1n) is 5.61. The van der Waals surface area contributed by atoms with Gasteiger partial charge in [0.25, 0.3) is 0 Å². The van der Waals surface area contributed by atoms with Crippen molar-refractivity contribution in [1.29, 1.82) is 0 Å². The van der Waals surface area contributed by atoms with Crippen LogP contribution in [0.4, 0.5) is 0 Å². The highest BCUT2D eigenvalue weighted by molar-refractivity contribution is 8.35. The van der Waals surface area contributed by atoms with E-state index in [0.29, 0.717) is 29.5 Å². The largest absolute Gasteiger partial charge is 0.293 e. The van der Waals surface area contributed by atoms with Crippen LogP contribution in [0.1, 0.15) is 6.42 Å². The van der Waals surface area contributed by atoms with E-state index >= 15 is 0 Å². The maximum atomic E-state index is 12.3. The molecule has 0 spiro atoms. The van der Waals surface area contributed by atoms with Crippen molar-refractivity contribution < 1.29 is 4.79 Å². The van der Waals surface area contributed by atoms with Gasteiger partial charge in [-0.3, -0.25) is 4.79 Å². The van der Waals surface area contributed by atoms with Crippen molar-refractivity contribution in [1.82, 2.24) is 0 Å². The van der Waals surface area contributed by atoms with E-state index < -0.39 is 10.0 Å². The fourth-order valence-electron chi connectivity index (χ4n) is 3.38. The van der Waals surface area contributed by atoms with Crippen LogP contribution in [0.3, 0.4) is 0 Å². The summed E-state index contributed by atoms with van der Waals surface area (Å²) in [4.78, 5) is 13.5. The van der Waals surface area contributed by atoms with Crippen molar-refractivity contribution in [3.05, 3.63) is 23.1 Å². The average Bonchev–Trinajstić information content (AvgIpc) is 2.73.